The third-order valence-corrected chi connectivity index (χ3v) is 4.46. The number of hydrogen-bond acceptors (Lipinski definition) is 2. The predicted octanol–water partition coefficient (Wildman–Crippen LogP) is 4.90. The maximum Gasteiger partial charge on any atom is 0.142 e. The SMILES string of the molecule is CNC(Cc1cccc(F)c1Cl)c1ncc(Br)cc1Br. The van der Waals surface area contributed by atoms with E-state index in [4.69, 9.17) is 11.6 Å². The molecule has 0 fully saturated rings. The Hall–Kier alpha value is -0.490. The normalized spacial score (nSPS) is 12.4. The molecule has 1 atom stereocenters. The van der Waals surface area contributed by atoms with Crippen LogP contribution in [0, 0.1) is 5.82 Å². The topological polar surface area (TPSA) is 24.9 Å². The number of halogens is 4. The molecule has 1 unspecified atom stereocenters. The Labute approximate surface area is 139 Å². The molecule has 0 saturated carbocycles. The highest BCUT2D eigenvalue weighted by Crippen LogP contribution is 2.29. The van der Waals surface area contributed by atoms with Crippen molar-refractivity contribution in [2.75, 3.05) is 7.05 Å². The number of rotatable bonds is 4. The van der Waals surface area contributed by atoms with Crippen LogP contribution in [0.2, 0.25) is 5.02 Å². The molecule has 0 radical (unpaired) electrons. The van der Waals surface area contributed by atoms with Crippen LogP contribution in [0.1, 0.15) is 17.3 Å². The molecule has 2 rings (SSSR count). The molecule has 6 heteroatoms. The highest BCUT2D eigenvalue weighted by Gasteiger charge is 2.17. The van der Waals surface area contributed by atoms with Crippen LogP contribution in [0.5, 0.6) is 0 Å². The third-order valence-electron chi connectivity index (χ3n) is 2.97. The van der Waals surface area contributed by atoms with E-state index in [-0.39, 0.29) is 11.1 Å². The summed E-state index contributed by atoms with van der Waals surface area (Å²) in [4.78, 5) is 4.40. The molecule has 0 aliphatic heterocycles. The first-order valence-corrected chi connectivity index (χ1v) is 7.90. The van der Waals surface area contributed by atoms with Gasteiger partial charge < -0.3 is 5.32 Å². The maximum atomic E-state index is 13.5. The predicted molar refractivity (Wildman–Crippen MR) is 86.6 cm³/mol. The van der Waals surface area contributed by atoms with Gasteiger partial charge in [-0.05, 0) is 63.0 Å². The van der Waals surface area contributed by atoms with E-state index < -0.39 is 5.82 Å². The van der Waals surface area contributed by atoms with Crippen LogP contribution in [0.15, 0.2) is 39.4 Å². The molecule has 2 nitrogen and oxygen atoms in total. The summed E-state index contributed by atoms with van der Waals surface area (Å²) in [6, 6.07) is 6.71. The van der Waals surface area contributed by atoms with E-state index in [0.717, 1.165) is 20.2 Å². The van der Waals surface area contributed by atoms with E-state index >= 15 is 0 Å². The van der Waals surface area contributed by atoms with Crippen molar-refractivity contribution in [2.24, 2.45) is 0 Å². The van der Waals surface area contributed by atoms with Gasteiger partial charge in [-0.3, -0.25) is 4.98 Å². The van der Waals surface area contributed by atoms with Gasteiger partial charge in [0, 0.05) is 15.1 Å². The van der Waals surface area contributed by atoms with Crippen molar-refractivity contribution in [1.82, 2.24) is 10.3 Å². The van der Waals surface area contributed by atoms with Crippen LogP contribution in [0.3, 0.4) is 0 Å². The number of nitrogens with zero attached hydrogens (tertiary/aromatic N) is 1. The molecule has 20 heavy (non-hydrogen) atoms. The van der Waals surface area contributed by atoms with Crippen molar-refractivity contribution in [3.05, 3.63) is 61.5 Å². The lowest BCUT2D eigenvalue weighted by Gasteiger charge is -2.18. The van der Waals surface area contributed by atoms with Crippen LogP contribution in [-0.2, 0) is 6.42 Å². The van der Waals surface area contributed by atoms with E-state index in [2.05, 4.69) is 42.2 Å². The molecule has 1 aromatic carbocycles. The van der Waals surface area contributed by atoms with Gasteiger partial charge in [0.05, 0.1) is 16.8 Å². The van der Waals surface area contributed by atoms with Crippen LogP contribution in [0.25, 0.3) is 0 Å². The molecule has 0 aliphatic rings. The van der Waals surface area contributed by atoms with Crippen LogP contribution in [-0.4, -0.2) is 12.0 Å². The fourth-order valence-electron chi connectivity index (χ4n) is 1.94. The van der Waals surface area contributed by atoms with E-state index in [1.807, 2.05) is 19.2 Å². The quantitative estimate of drug-likeness (QED) is 0.758. The lowest BCUT2D eigenvalue weighted by atomic mass is 10.0. The molecular weight excluding hydrogens is 410 g/mol. The fraction of sp³-hybridized carbons (Fsp3) is 0.214. The van der Waals surface area contributed by atoms with Gasteiger partial charge in [0.25, 0.3) is 0 Å². The van der Waals surface area contributed by atoms with Crippen LogP contribution < -0.4 is 5.32 Å². The van der Waals surface area contributed by atoms with Crippen molar-refractivity contribution in [2.45, 2.75) is 12.5 Å². The van der Waals surface area contributed by atoms with Gasteiger partial charge in [0.15, 0.2) is 0 Å². The standard InChI is InChI=1S/C14H12Br2ClFN2/c1-19-12(14-10(16)6-9(15)7-20-14)5-8-3-2-4-11(18)13(8)17/h2-4,6-7,12,19H,5H2,1H3. The van der Waals surface area contributed by atoms with Gasteiger partial charge in [-0.15, -0.1) is 0 Å². The molecule has 0 bridgehead atoms. The first kappa shape index (κ1) is 15.9. The summed E-state index contributed by atoms with van der Waals surface area (Å²) >= 11 is 12.9. The summed E-state index contributed by atoms with van der Waals surface area (Å²) < 4.78 is 15.3. The number of nitrogens with one attached hydrogen (secondary N) is 1. The van der Waals surface area contributed by atoms with E-state index in [0.29, 0.717) is 6.42 Å². The molecule has 2 aromatic rings. The maximum absolute atomic E-state index is 13.5. The number of aromatic nitrogens is 1. The van der Waals surface area contributed by atoms with E-state index in [1.54, 1.807) is 12.3 Å². The summed E-state index contributed by atoms with van der Waals surface area (Å²) in [5.74, 6) is -0.401. The van der Waals surface area contributed by atoms with Crippen molar-refractivity contribution in [3.63, 3.8) is 0 Å². The zero-order valence-corrected chi connectivity index (χ0v) is 14.6. The summed E-state index contributed by atoms with van der Waals surface area (Å²) in [7, 11) is 1.84. The van der Waals surface area contributed by atoms with Crippen molar-refractivity contribution in [3.8, 4) is 0 Å². The van der Waals surface area contributed by atoms with Gasteiger partial charge in [-0.2, -0.15) is 0 Å². The van der Waals surface area contributed by atoms with Crippen LogP contribution in [0.4, 0.5) is 4.39 Å². The molecule has 106 valence electrons. The Morgan fingerprint density at radius 1 is 1.40 bits per heavy atom. The number of pyridine rings is 1. The second kappa shape index (κ2) is 6.98. The molecule has 0 saturated heterocycles. The van der Waals surface area contributed by atoms with E-state index in [1.165, 1.54) is 6.07 Å². The van der Waals surface area contributed by atoms with Gasteiger partial charge in [0.1, 0.15) is 5.82 Å². The van der Waals surface area contributed by atoms with Gasteiger partial charge >= 0.3 is 0 Å². The fourth-order valence-corrected chi connectivity index (χ4v) is 3.41. The summed E-state index contributed by atoms with van der Waals surface area (Å²) in [6.45, 7) is 0. The van der Waals surface area contributed by atoms with Gasteiger partial charge in [0.2, 0.25) is 0 Å². The van der Waals surface area contributed by atoms with Gasteiger partial charge in [-0.25, -0.2) is 4.39 Å². The molecule has 0 spiro atoms. The average molecular weight is 423 g/mol. The Bertz CT molecular complexity index is 622. The minimum absolute atomic E-state index is 0.0585. The molecule has 1 heterocycles. The lowest BCUT2D eigenvalue weighted by Crippen LogP contribution is -2.20. The monoisotopic (exact) mass is 420 g/mol. The highest BCUT2D eigenvalue weighted by molar-refractivity contribution is 9.11. The summed E-state index contributed by atoms with van der Waals surface area (Å²) in [5.41, 5.74) is 1.61. The average Bonchev–Trinajstić information content (AvgIpc) is 2.41. The first-order valence-electron chi connectivity index (χ1n) is 5.94. The van der Waals surface area contributed by atoms with Crippen molar-refractivity contribution >= 4 is 43.5 Å². The number of benzene rings is 1. The molecule has 1 N–H and O–H groups in total. The third kappa shape index (κ3) is 3.58. The Morgan fingerprint density at radius 3 is 2.80 bits per heavy atom. The van der Waals surface area contributed by atoms with Crippen LogP contribution >= 0.6 is 43.5 Å². The number of likely N-dealkylation sites (N-methyl/N-ethyl adjacent to an activating group) is 1. The zero-order chi connectivity index (χ0) is 14.7. The summed E-state index contributed by atoms with van der Waals surface area (Å²) in [5, 5.41) is 3.35. The lowest BCUT2D eigenvalue weighted by molar-refractivity contribution is 0.568. The van der Waals surface area contributed by atoms with Crippen molar-refractivity contribution < 1.29 is 4.39 Å². The highest BCUT2D eigenvalue weighted by atomic mass is 79.9. The summed E-state index contributed by atoms with van der Waals surface area (Å²) in [6.07, 6.45) is 2.29. The van der Waals surface area contributed by atoms with E-state index in [9.17, 15) is 4.39 Å². The second-order valence-corrected chi connectivity index (χ2v) is 6.43. The molecule has 1 aromatic heterocycles. The van der Waals surface area contributed by atoms with Gasteiger partial charge in [-0.1, -0.05) is 23.7 Å². The zero-order valence-electron chi connectivity index (χ0n) is 10.6. The first-order chi connectivity index (χ1) is 9.52. The second-order valence-electron chi connectivity index (χ2n) is 4.28. The Morgan fingerprint density at radius 2 is 2.15 bits per heavy atom. The molecule has 0 aliphatic carbocycles. The number of hydrogen-bond donors (Lipinski definition) is 1. The minimum Gasteiger partial charge on any atom is -0.311 e. The molecular formula is C14H12Br2ClFN2. The largest absolute Gasteiger partial charge is 0.311 e. The Kier molecular flexibility index (Phi) is 5.55. The Balaban J connectivity index is 2.31. The van der Waals surface area contributed by atoms with Crippen molar-refractivity contribution in [1.29, 1.82) is 0 Å². The minimum atomic E-state index is -0.401. The smallest absolute Gasteiger partial charge is 0.142 e. The molecule has 0 amide bonds.